The Morgan fingerprint density at radius 3 is 2.49 bits per heavy atom. The molecule has 4 rings (SSSR count). The van der Waals surface area contributed by atoms with Gasteiger partial charge in [0.25, 0.3) is 0 Å². The first-order valence-corrected chi connectivity index (χ1v) is 12.9. The number of carboxylic acids is 1. The lowest BCUT2D eigenvalue weighted by atomic mass is 9.71. The summed E-state index contributed by atoms with van der Waals surface area (Å²) >= 11 is 0. The largest absolute Gasteiger partial charge is 0.497 e. The number of rotatable bonds is 12. The third-order valence-corrected chi connectivity index (χ3v) is 7.58. The van der Waals surface area contributed by atoms with E-state index in [0.717, 1.165) is 18.2 Å². The molecule has 0 radical (unpaired) electrons. The highest BCUT2D eigenvalue weighted by Crippen LogP contribution is 2.42. The van der Waals surface area contributed by atoms with Crippen LogP contribution in [-0.2, 0) is 11.5 Å². The van der Waals surface area contributed by atoms with Crippen molar-refractivity contribution >= 4 is 16.9 Å². The number of carbonyl (C=O) groups is 1. The number of piperidine rings is 1. The molecule has 10 heteroatoms. The van der Waals surface area contributed by atoms with E-state index < -0.39 is 35.8 Å². The summed E-state index contributed by atoms with van der Waals surface area (Å²) in [6, 6.07) is 8.26. The molecule has 1 fully saturated rings. The molecule has 0 amide bonds. The first-order valence-electron chi connectivity index (χ1n) is 12.9. The third kappa shape index (κ3) is 7.19. The van der Waals surface area contributed by atoms with Crippen LogP contribution in [0.25, 0.3) is 10.9 Å². The van der Waals surface area contributed by atoms with Crippen LogP contribution in [0.2, 0.25) is 0 Å². The minimum atomic E-state index is -1.00. The average molecular weight is 547 g/mol. The maximum atomic E-state index is 13.9. The van der Waals surface area contributed by atoms with E-state index >= 15 is 0 Å². The molecule has 1 saturated heterocycles. The first kappa shape index (κ1) is 28.6. The second kappa shape index (κ2) is 12.7. The molecule has 0 aliphatic carbocycles. The van der Waals surface area contributed by atoms with E-state index in [2.05, 4.69) is 9.88 Å². The summed E-state index contributed by atoms with van der Waals surface area (Å²) in [5, 5.41) is 21.5. The minimum absolute atomic E-state index is 0.0342. The summed E-state index contributed by atoms with van der Waals surface area (Å²) in [4.78, 5) is 18.2. The van der Waals surface area contributed by atoms with Crippen molar-refractivity contribution in [1.82, 2.24) is 9.88 Å². The van der Waals surface area contributed by atoms with Crippen molar-refractivity contribution in [3.8, 4) is 11.5 Å². The lowest BCUT2D eigenvalue weighted by Crippen LogP contribution is -2.42. The Balaban J connectivity index is 1.40. The van der Waals surface area contributed by atoms with Gasteiger partial charge in [-0.3, -0.25) is 14.7 Å². The predicted molar refractivity (Wildman–Crippen MR) is 140 cm³/mol. The number of pyridine rings is 1. The van der Waals surface area contributed by atoms with Crippen molar-refractivity contribution in [2.75, 3.05) is 33.4 Å². The molecule has 2 aromatic carbocycles. The molecular formula is C29H33F3N2O5. The number of hydrogen-bond acceptors (Lipinski definition) is 6. The maximum absolute atomic E-state index is 13.9. The van der Waals surface area contributed by atoms with Gasteiger partial charge in [-0.05, 0) is 68.0 Å². The predicted octanol–water partition coefficient (Wildman–Crippen LogP) is 5.44. The molecule has 3 aromatic rings. The van der Waals surface area contributed by atoms with Crippen LogP contribution < -0.4 is 9.47 Å². The maximum Gasteiger partial charge on any atom is 0.303 e. The number of aromatic nitrogens is 1. The fourth-order valence-electron chi connectivity index (χ4n) is 5.44. The molecule has 2 heterocycles. The zero-order valence-electron chi connectivity index (χ0n) is 21.8. The highest BCUT2D eigenvalue weighted by molar-refractivity contribution is 5.85. The number of ether oxygens (including phenoxy) is 2. The molecule has 1 aliphatic rings. The molecule has 210 valence electrons. The van der Waals surface area contributed by atoms with Crippen LogP contribution in [0.3, 0.4) is 0 Å². The van der Waals surface area contributed by atoms with Gasteiger partial charge in [-0.25, -0.2) is 13.2 Å². The lowest BCUT2D eigenvalue weighted by Gasteiger charge is -2.41. The van der Waals surface area contributed by atoms with E-state index in [1.54, 1.807) is 18.2 Å². The summed E-state index contributed by atoms with van der Waals surface area (Å²) < 4.78 is 51.4. The van der Waals surface area contributed by atoms with Gasteiger partial charge in [0.1, 0.15) is 36.4 Å². The number of hydrogen-bond donors (Lipinski definition) is 2. The number of likely N-dealkylation sites (tertiary alicyclic amines) is 1. The van der Waals surface area contributed by atoms with Crippen LogP contribution in [0, 0.1) is 17.0 Å². The quantitative estimate of drug-likeness (QED) is 0.313. The highest BCUT2D eigenvalue weighted by Gasteiger charge is 2.37. The molecule has 0 unspecified atom stereocenters. The highest BCUT2D eigenvalue weighted by atomic mass is 19.1. The van der Waals surface area contributed by atoms with E-state index in [1.807, 2.05) is 0 Å². The van der Waals surface area contributed by atoms with E-state index in [4.69, 9.17) is 9.47 Å². The topological polar surface area (TPSA) is 92.1 Å². The summed E-state index contributed by atoms with van der Waals surface area (Å²) in [5.41, 5.74) is 0.837. The zero-order valence-corrected chi connectivity index (χ0v) is 21.8. The number of fused-ring (bicyclic) bond motifs is 1. The second-order valence-electron chi connectivity index (χ2n) is 10.1. The molecule has 39 heavy (non-hydrogen) atoms. The van der Waals surface area contributed by atoms with Gasteiger partial charge >= 0.3 is 5.97 Å². The van der Waals surface area contributed by atoms with Crippen LogP contribution in [0.1, 0.15) is 49.3 Å². The van der Waals surface area contributed by atoms with Gasteiger partial charge < -0.3 is 19.7 Å². The summed E-state index contributed by atoms with van der Waals surface area (Å²) in [6.45, 7) is 1.21. The number of aliphatic carboxylic acids is 1. The molecular weight excluding hydrogens is 513 g/mol. The van der Waals surface area contributed by atoms with Crippen LogP contribution in [-0.4, -0.2) is 59.4 Å². The molecule has 0 saturated carbocycles. The number of carboxylic acid groups (broad SMARTS) is 1. The number of aliphatic hydroxyl groups is 1. The summed E-state index contributed by atoms with van der Waals surface area (Å²) in [7, 11) is 1.53. The number of nitrogens with zero attached hydrogens (tertiary/aromatic N) is 2. The number of methoxy groups -OCH3 is 1. The molecule has 2 N–H and O–H groups in total. The van der Waals surface area contributed by atoms with Crippen molar-refractivity contribution in [3.05, 3.63) is 65.4 Å². The van der Waals surface area contributed by atoms with E-state index in [9.17, 15) is 28.2 Å². The van der Waals surface area contributed by atoms with E-state index in [1.165, 1.54) is 13.3 Å². The summed E-state index contributed by atoms with van der Waals surface area (Å²) in [5.74, 6) is -1.64. The van der Waals surface area contributed by atoms with Crippen LogP contribution >= 0.6 is 0 Å². The van der Waals surface area contributed by atoms with E-state index in [-0.39, 0.29) is 25.2 Å². The number of aliphatic hydroxyl groups excluding tert-OH is 1. The molecule has 1 aliphatic heterocycles. The Labute approximate surface area is 225 Å². The van der Waals surface area contributed by atoms with Gasteiger partial charge in [-0.2, -0.15) is 0 Å². The zero-order chi connectivity index (χ0) is 28.0. The second-order valence-corrected chi connectivity index (χ2v) is 10.1. The normalized spacial score (nSPS) is 16.2. The van der Waals surface area contributed by atoms with Crippen molar-refractivity contribution in [1.29, 1.82) is 0 Å². The van der Waals surface area contributed by atoms with Gasteiger partial charge in [-0.15, -0.1) is 0 Å². The van der Waals surface area contributed by atoms with Crippen LogP contribution in [0.4, 0.5) is 13.2 Å². The van der Waals surface area contributed by atoms with Crippen LogP contribution in [0.15, 0.2) is 42.6 Å². The summed E-state index contributed by atoms with van der Waals surface area (Å²) in [6.07, 6.45) is 2.31. The number of benzene rings is 2. The first-order chi connectivity index (χ1) is 18.7. The molecule has 1 atom stereocenters. The van der Waals surface area contributed by atoms with Gasteiger partial charge in [0.05, 0.1) is 25.2 Å². The SMILES string of the molecule is COc1ccc2ncc(CF)c([C@@H](O)CCC3(CC(=O)O)CCN(CCOc4cc(F)cc(F)c4)CC3)c2c1. The smallest absolute Gasteiger partial charge is 0.303 e. The average Bonchev–Trinajstić information content (AvgIpc) is 2.91. The molecule has 7 nitrogen and oxygen atoms in total. The van der Waals surface area contributed by atoms with Gasteiger partial charge in [0.2, 0.25) is 0 Å². The standard InChI is InChI=1S/C29H33F3N2O5/c1-38-22-2-3-25-24(15-22)28(19(17-30)18-33-25)26(35)4-5-29(16-27(36)37)6-8-34(9-7-29)10-11-39-23-13-20(31)12-21(32)14-23/h2-3,12-15,18,26,35H,4-11,16-17H2,1H3,(H,36,37)/t26-/m0/s1. The molecule has 1 aromatic heterocycles. The monoisotopic (exact) mass is 546 g/mol. The fourth-order valence-corrected chi connectivity index (χ4v) is 5.44. The van der Waals surface area contributed by atoms with Gasteiger partial charge in [0, 0.05) is 41.9 Å². The van der Waals surface area contributed by atoms with E-state index in [0.29, 0.717) is 66.7 Å². The Morgan fingerprint density at radius 2 is 1.85 bits per heavy atom. The van der Waals surface area contributed by atoms with Crippen molar-refractivity contribution in [2.24, 2.45) is 5.41 Å². The Bertz CT molecular complexity index is 1270. The van der Waals surface area contributed by atoms with Gasteiger partial charge in [-0.1, -0.05) is 0 Å². The van der Waals surface area contributed by atoms with Crippen molar-refractivity contribution in [2.45, 2.75) is 44.9 Å². The Kier molecular flexibility index (Phi) is 9.29. The van der Waals surface area contributed by atoms with Crippen molar-refractivity contribution in [3.63, 3.8) is 0 Å². The third-order valence-electron chi connectivity index (χ3n) is 7.58. The number of alkyl halides is 1. The Morgan fingerprint density at radius 1 is 1.13 bits per heavy atom. The Hall–Kier alpha value is -3.37. The van der Waals surface area contributed by atoms with Crippen LogP contribution in [0.5, 0.6) is 11.5 Å². The number of halogens is 3. The minimum Gasteiger partial charge on any atom is -0.497 e. The van der Waals surface area contributed by atoms with Gasteiger partial charge in [0.15, 0.2) is 0 Å². The van der Waals surface area contributed by atoms with Crippen molar-refractivity contribution < 1.29 is 37.7 Å². The molecule has 0 bridgehead atoms. The molecule has 0 spiro atoms. The fraction of sp³-hybridized carbons (Fsp3) is 0.448. The lowest BCUT2D eigenvalue weighted by molar-refractivity contribution is -0.141.